The van der Waals surface area contributed by atoms with Crippen LogP contribution in [0, 0.1) is 5.92 Å². The first-order valence-corrected chi connectivity index (χ1v) is 7.72. The first kappa shape index (κ1) is 11.4. The molecule has 0 aromatic rings. The van der Waals surface area contributed by atoms with Gasteiger partial charge in [-0.15, -0.1) is 0 Å². The molecule has 0 saturated heterocycles. The number of rotatable bonds is 4. The number of hydrogen-bond donors (Lipinski definition) is 1. The lowest BCUT2D eigenvalue weighted by atomic mass is 9.87. The summed E-state index contributed by atoms with van der Waals surface area (Å²) in [5.41, 5.74) is 0. The fraction of sp³-hybridized carbons (Fsp3) is 1.00. The molecule has 0 radical (unpaired) electrons. The Morgan fingerprint density at radius 1 is 1.07 bits per heavy atom. The van der Waals surface area contributed by atoms with E-state index in [0.717, 1.165) is 38.5 Å². The average molecular weight is 231 g/mol. The maximum absolute atomic E-state index is 11.8. The van der Waals surface area contributed by atoms with Crippen LogP contribution in [0.5, 0.6) is 0 Å². The van der Waals surface area contributed by atoms with Gasteiger partial charge in [-0.2, -0.15) is 0 Å². The molecule has 88 valence electrons. The molecule has 0 unspecified atom stereocenters. The van der Waals surface area contributed by atoms with Crippen LogP contribution >= 0.6 is 0 Å². The molecule has 4 heteroatoms. The van der Waals surface area contributed by atoms with Gasteiger partial charge in [0, 0.05) is 6.04 Å². The summed E-state index contributed by atoms with van der Waals surface area (Å²) in [5.74, 6) is 0.883. The van der Waals surface area contributed by atoms with Crippen LogP contribution in [0.2, 0.25) is 0 Å². The molecule has 0 amide bonds. The molecule has 0 aromatic carbocycles. The maximum atomic E-state index is 11.8. The van der Waals surface area contributed by atoms with Crippen molar-refractivity contribution in [2.75, 3.05) is 12.8 Å². The van der Waals surface area contributed by atoms with Crippen LogP contribution in [0.1, 0.15) is 38.5 Å². The van der Waals surface area contributed by atoms with E-state index in [1.807, 2.05) is 7.05 Å². The van der Waals surface area contributed by atoms with Gasteiger partial charge in [0.25, 0.3) is 0 Å². The summed E-state index contributed by atoms with van der Waals surface area (Å²) in [7, 11) is -0.739. The highest BCUT2D eigenvalue weighted by Crippen LogP contribution is 2.33. The number of nitrogens with one attached hydrogen (secondary N) is 1. The van der Waals surface area contributed by atoms with Crippen molar-refractivity contribution in [1.82, 2.24) is 5.32 Å². The Kier molecular flexibility index (Phi) is 3.36. The van der Waals surface area contributed by atoms with Crippen molar-refractivity contribution < 1.29 is 8.42 Å². The van der Waals surface area contributed by atoms with Crippen LogP contribution in [0.4, 0.5) is 0 Å². The number of sulfone groups is 1. The second-order valence-corrected chi connectivity index (χ2v) is 7.36. The maximum Gasteiger partial charge on any atom is 0.153 e. The summed E-state index contributed by atoms with van der Waals surface area (Å²) in [6.45, 7) is 0. The summed E-state index contributed by atoms with van der Waals surface area (Å²) in [6.07, 6.45) is 6.26. The van der Waals surface area contributed by atoms with Crippen LogP contribution < -0.4 is 5.32 Å². The van der Waals surface area contributed by atoms with Gasteiger partial charge < -0.3 is 5.32 Å². The molecule has 0 aromatic heterocycles. The lowest BCUT2D eigenvalue weighted by molar-refractivity contribution is 0.320. The summed E-state index contributed by atoms with van der Waals surface area (Å²) >= 11 is 0. The minimum absolute atomic E-state index is 0.0273. The van der Waals surface area contributed by atoms with Gasteiger partial charge in [-0.25, -0.2) is 8.42 Å². The highest BCUT2D eigenvalue weighted by molar-refractivity contribution is 7.92. The SMILES string of the molecule is CNC1CCC(CS(=O)(=O)C2CC2)CC1. The van der Waals surface area contributed by atoms with E-state index >= 15 is 0 Å². The van der Waals surface area contributed by atoms with Gasteiger partial charge in [-0.05, 0) is 51.5 Å². The van der Waals surface area contributed by atoms with Crippen molar-refractivity contribution >= 4 is 9.84 Å². The zero-order valence-corrected chi connectivity index (χ0v) is 10.2. The lowest BCUT2D eigenvalue weighted by Crippen LogP contribution is -2.32. The van der Waals surface area contributed by atoms with E-state index < -0.39 is 9.84 Å². The fourth-order valence-corrected chi connectivity index (χ4v) is 4.63. The highest BCUT2D eigenvalue weighted by atomic mass is 32.2. The minimum atomic E-state index is -2.73. The van der Waals surface area contributed by atoms with Crippen molar-refractivity contribution in [3.05, 3.63) is 0 Å². The topological polar surface area (TPSA) is 46.2 Å². The molecule has 1 N–H and O–H groups in total. The van der Waals surface area contributed by atoms with Crippen molar-refractivity contribution in [1.29, 1.82) is 0 Å². The van der Waals surface area contributed by atoms with Gasteiger partial charge in [-0.3, -0.25) is 0 Å². The average Bonchev–Trinajstić information content (AvgIpc) is 3.01. The molecule has 0 atom stereocenters. The second-order valence-electron chi connectivity index (χ2n) is 5.04. The molecule has 2 aliphatic rings. The Morgan fingerprint density at radius 3 is 2.13 bits per heavy atom. The molecular weight excluding hydrogens is 210 g/mol. The quantitative estimate of drug-likeness (QED) is 0.794. The van der Waals surface area contributed by atoms with Crippen LogP contribution in [0.3, 0.4) is 0 Å². The van der Waals surface area contributed by atoms with E-state index in [-0.39, 0.29) is 5.25 Å². The largest absolute Gasteiger partial charge is 0.317 e. The molecule has 2 rings (SSSR count). The minimum Gasteiger partial charge on any atom is -0.317 e. The molecular formula is C11H21NO2S. The standard InChI is InChI=1S/C11H21NO2S/c1-12-10-4-2-9(3-5-10)8-15(13,14)11-6-7-11/h9-12H,2-8H2,1H3. The lowest BCUT2D eigenvalue weighted by Gasteiger charge is -2.27. The predicted octanol–water partition coefficient (Wildman–Crippen LogP) is 1.34. The predicted molar refractivity (Wildman–Crippen MR) is 61.6 cm³/mol. The van der Waals surface area contributed by atoms with Gasteiger partial charge in [0.15, 0.2) is 9.84 Å². The van der Waals surface area contributed by atoms with Crippen LogP contribution in [-0.2, 0) is 9.84 Å². The number of hydrogen-bond acceptors (Lipinski definition) is 3. The fourth-order valence-electron chi connectivity index (χ4n) is 2.51. The van der Waals surface area contributed by atoms with E-state index in [0.29, 0.717) is 17.7 Å². The van der Waals surface area contributed by atoms with E-state index in [4.69, 9.17) is 0 Å². The van der Waals surface area contributed by atoms with Gasteiger partial charge in [0.2, 0.25) is 0 Å². The molecule has 15 heavy (non-hydrogen) atoms. The van der Waals surface area contributed by atoms with Gasteiger partial charge >= 0.3 is 0 Å². The smallest absolute Gasteiger partial charge is 0.153 e. The summed E-state index contributed by atoms with van der Waals surface area (Å²) in [6, 6.07) is 0.616. The van der Waals surface area contributed by atoms with Crippen LogP contribution in [-0.4, -0.2) is 32.5 Å². The third-order valence-corrected chi connectivity index (χ3v) is 6.18. The van der Waals surface area contributed by atoms with Crippen molar-refractivity contribution in [3.8, 4) is 0 Å². The molecule has 0 aliphatic heterocycles. The van der Waals surface area contributed by atoms with Crippen LogP contribution in [0.25, 0.3) is 0 Å². The molecule has 0 bridgehead atoms. The zero-order valence-electron chi connectivity index (χ0n) is 9.41. The van der Waals surface area contributed by atoms with Crippen LogP contribution in [0.15, 0.2) is 0 Å². The third-order valence-electron chi connectivity index (χ3n) is 3.76. The molecule has 2 saturated carbocycles. The van der Waals surface area contributed by atoms with Crippen molar-refractivity contribution in [2.24, 2.45) is 5.92 Å². The van der Waals surface area contributed by atoms with Crippen molar-refractivity contribution in [3.63, 3.8) is 0 Å². The molecule has 2 fully saturated rings. The first-order valence-electron chi connectivity index (χ1n) is 6.00. The summed E-state index contributed by atoms with van der Waals surface area (Å²) in [4.78, 5) is 0. The van der Waals surface area contributed by atoms with Gasteiger partial charge in [-0.1, -0.05) is 0 Å². The Bertz CT molecular complexity index is 301. The second kappa shape index (κ2) is 4.42. The van der Waals surface area contributed by atoms with E-state index in [1.165, 1.54) is 0 Å². The highest BCUT2D eigenvalue weighted by Gasteiger charge is 2.37. The Labute approximate surface area is 92.6 Å². The van der Waals surface area contributed by atoms with Crippen molar-refractivity contribution in [2.45, 2.75) is 49.8 Å². The summed E-state index contributed by atoms with van der Waals surface area (Å²) < 4.78 is 23.6. The molecule has 0 spiro atoms. The van der Waals surface area contributed by atoms with Gasteiger partial charge in [0.1, 0.15) is 0 Å². The van der Waals surface area contributed by atoms with E-state index in [2.05, 4.69) is 5.32 Å². The molecule has 3 nitrogen and oxygen atoms in total. The Hall–Kier alpha value is -0.0900. The van der Waals surface area contributed by atoms with E-state index in [9.17, 15) is 8.42 Å². The zero-order chi connectivity index (χ0) is 10.9. The summed E-state index contributed by atoms with van der Waals surface area (Å²) in [5, 5.41) is 3.30. The molecule has 2 aliphatic carbocycles. The third kappa shape index (κ3) is 2.94. The first-order chi connectivity index (χ1) is 7.12. The Balaban J connectivity index is 1.81. The Morgan fingerprint density at radius 2 is 1.67 bits per heavy atom. The monoisotopic (exact) mass is 231 g/mol. The normalized spacial score (nSPS) is 32.9. The molecule has 0 heterocycles. The van der Waals surface area contributed by atoms with E-state index in [1.54, 1.807) is 0 Å². The van der Waals surface area contributed by atoms with Gasteiger partial charge in [0.05, 0.1) is 11.0 Å².